The first-order chi connectivity index (χ1) is 9.17. The molecule has 0 amide bonds. The highest BCUT2D eigenvalue weighted by Crippen LogP contribution is 2.50. The van der Waals surface area contributed by atoms with Crippen LogP contribution in [0.25, 0.3) is 0 Å². The Hall–Kier alpha value is -0.280. The summed E-state index contributed by atoms with van der Waals surface area (Å²) in [4.78, 5) is 0. The molecule has 2 aliphatic rings. The molecule has 3 rings (SSSR count). The lowest BCUT2D eigenvalue weighted by Gasteiger charge is -2.26. The van der Waals surface area contributed by atoms with E-state index in [0.717, 1.165) is 29.7 Å². The number of hydrazine groups is 1. The van der Waals surface area contributed by atoms with Gasteiger partial charge in [-0.1, -0.05) is 35.7 Å². The second-order valence-electron chi connectivity index (χ2n) is 6.06. The van der Waals surface area contributed by atoms with Crippen molar-refractivity contribution in [2.24, 2.45) is 23.6 Å². The van der Waals surface area contributed by atoms with Crippen molar-refractivity contribution >= 4 is 23.2 Å². The fraction of sp³-hybridized carbons (Fsp3) is 0.600. The number of benzene rings is 1. The lowest BCUT2D eigenvalue weighted by molar-refractivity contribution is 0.280. The molecule has 2 nitrogen and oxygen atoms in total. The molecule has 3 N–H and O–H groups in total. The smallest absolute Gasteiger partial charge is 0.0595 e. The minimum absolute atomic E-state index is 0.180. The predicted octanol–water partition coefficient (Wildman–Crippen LogP) is 4.32. The van der Waals surface area contributed by atoms with E-state index < -0.39 is 0 Å². The summed E-state index contributed by atoms with van der Waals surface area (Å²) in [6.07, 6.45) is 6.77. The van der Waals surface area contributed by atoms with Gasteiger partial charge in [-0.15, -0.1) is 0 Å². The molecule has 2 bridgehead atoms. The molecule has 1 aromatic rings. The van der Waals surface area contributed by atoms with Gasteiger partial charge in [-0.25, -0.2) is 0 Å². The summed E-state index contributed by atoms with van der Waals surface area (Å²) in [6.45, 7) is 0. The van der Waals surface area contributed by atoms with Crippen LogP contribution in [0.15, 0.2) is 18.2 Å². The average molecular weight is 299 g/mol. The maximum absolute atomic E-state index is 6.09. The van der Waals surface area contributed by atoms with E-state index in [2.05, 4.69) is 5.43 Å². The van der Waals surface area contributed by atoms with Crippen LogP contribution >= 0.6 is 23.2 Å². The highest BCUT2D eigenvalue weighted by molar-refractivity contribution is 6.42. The van der Waals surface area contributed by atoms with E-state index in [0.29, 0.717) is 10.0 Å². The van der Waals surface area contributed by atoms with Crippen molar-refractivity contribution in [2.75, 3.05) is 0 Å². The Morgan fingerprint density at radius 3 is 2.63 bits per heavy atom. The zero-order valence-corrected chi connectivity index (χ0v) is 12.4. The number of hydrogen-bond acceptors (Lipinski definition) is 2. The van der Waals surface area contributed by atoms with E-state index >= 15 is 0 Å². The molecule has 0 spiro atoms. The Labute approximate surface area is 124 Å². The van der Waals surface area contributed by atoms with Crippen molar-refractivity contribution < 1.29 is 0 Å². The van der Waals surface area contributed by atoms with Gasteiger partial charge >= 0.3 is 0 Å². The molecule has 2 fully saturated rings. The van der Waals surface area contributed by atoms with Crippen molar-refractivity contribution in [1.82, 2.24) is 5.43 Å². The molecule has 4 atom stereocenters. The van der Waals surface area contributed by atoms with Gasteiger partial charge in [0.2, 0.25) is 0 Å². The predicted molar refractivity (Wildman–Crippen MR) is 80.1 cm³/mol. The Bertz CT molecular complexity index is 463. The Kier molecular flexibility index (Phi) is 4.04. The molecular formula is C15H20Cl2N2. The van der Waals surface area contributed by atoms with Crippen LogP contribution in [0.4, 0.5) is 0 Å². The number of rotatable bonds is 4. The molecule has 0 aliphatic heterocycles. The quantitative estimate of drug-likeness (QED) is 0.641. The average Bonchev–Trinajstić information content (AvgIpc) is 3.01. The van der Waals surface area contributed by atoms with Gasteiger partial charge in [-0.05, 0) is 61.1 Å². The molecular weight excluding hydrogens is 279 g/mol. The van der Waals surface area contributed by atoms with Crippen LogP contribution in [0.1, 0.15) is 43.7 Å². The second-order valence-corrected chi connectivity index (χ2v) is 6.88. The van der Waals surface area contributed by atoms with Crippen LogP contribution in [0, 0.1) is 17.8 Å². The van der Waals surface area contributed by atoms with Gasteiger partial charge in [-0.2, -0.15) is 0 Å². The minimum Gasteiger partial charge on any atom is -0.271 e. The molecule has 19 heavy (non-hydrogen) atoms. The third-order valence-electron chi connectivity index (χ3n) is 4.97. The fourth-order valence-electron chi connectivity index (χ4n) is 4.00. The number of fused-ring (bicyclic) bond motifs is 2. The van der Waals surface area contributed by atoms with Gasteiger partial charge < -0.3 is 0 Å². The Balaban J connectivity index is 1.71. The van der Waals surface area contributed by atoms with Crippen LogP contribution in [-0.2, 0) is 0 Å². The first-order valence-electron chi connectivity index (χ1n) is 7.08. The maximum Gasteiger partial charge on any atom is 0.0595 e. The SMILES string of the molecule is NNC(CC1CC2CCC1C2)c1ccc(Cl)c(Cl)c1. The largest absolute Gasteiger partial charge is 0.271 e. The van der Waals surface area contributed by atoms with Crippen molar-refractivity contribution in [2.45, 2.75) is 38.1 Å². The normalized spacial score (nSPS) is 30.8. The summed E-state index contributed by atoms with van der Waals surface area (Å²) < 4.78 is 0. The van der Waals surface area contributed by atoms with E-state index in [-0.39, 0.29) is 6.04 Å². The molecule has 104 valence electrons. The molecule has 0 saturated heterocycles. The highest BCUT2D eigenvalue weighted by Gasteiger charge is 2.40. The van der Waals surface area contributed by atoms with Gasteiger partial charge in [0.05, 0.1) is 10.0 Å². The topological polar surface area (TPSA) is 38.0 Å². The zero-order chi connectivity index (χ0) is 13.4. The summed E-state index contributed by atoms with van der Waals surface area (Å²) in [5.74, 6) is 8.45. The van der Waals surface area contributed by atoms with Crippen LogP contribution in [0.5, 0.6) is 0 Å². The Morgan fingerprint density at radius 2 is 2.05 bits per heavy atom. The monoisotopic (exact) mass is 298 g/mol. The van der Waals surface area contributed by atoms with Crippen LogP contribution in [-0.4, -0.2) is 0 Å². The van der Waals surface area contributed by atoms with Gasteiger partial charge in [0.25, 0.3) is 0 Å². The molecule has 0 heterocycles. The van der Waals surface area contributed by atoms with Gasteiger partial charge in [0, 0.05) is 6.04 Å². The van der Waals surface area contributed by atoms with Crippen molar-refractivity contribution in [3.8, 4) is 0 Å². The summed E-state index contributed by atoms with van der Waals surface area (Å²) in [5.41, 5.74) is 4.09. The van der Waals surface area contributed by atoms with Gasteiger partial charge in [0.15, 0.2) is 0 Å². The highest BCUT2D eigenvalue weighted by atomic mass is 35.5. The van der Waals surface area contributed by atoms with Crippen LogP contribution < -0.4 is 11.3 Å². The molecule has 0 radical (unpaired) electrons. The number of halogens is 2. The summed E-state index contributed by atoms with van der Waals surface area (Å²) in [6, 6.07) is 5.98. The second kappa shape index (κ2) is 5.61. The van der Waals surface area contributed by atoms with E-state index in [1.165, 1.54) is 25.7 Å². The van der Waals surface area contributed by atoms with E-state index in [1.807, 2.05) is 18.2 Å². The van der Waals surface area contributed by atoms with Gasteiger partial charge in [-0.3, -0.25) is 11.3 Å². The standard InChI is InChI=1S/C15H20Cl2N2/c16-13-4-3-11(7-14(13)17)15(19-18)8-12-6-9-1-2-10(12)5-9/h3-4,7,9-10,12,15,19H,1-2,5-6,8,18H2. The molecule has 1 aromatic carbocycles. The zero-order valence-electron chi connectivity index (χ0n) is 10.9. The van der Waals surface area contributed by atoms with Crippen molar-refractivity contribution in [3.05, 3.63) is 33.8 Å². The number of nitrogens with one attached hydrogen (secondary N) is 1. The van der Waals surface area contributed by atoms with Crippen molar-refractivity contribution in [3.63, 3.8) is 0 Å². The summed E-state index contributed by atoms with van der Waals surface area (Å²) >= 11 is 12.1. The molecule has 4 unspecified atom stereocenters. The maximum atomic E-state index is 6.09. The fourth-order valence-corrected chi connectivity index (χ4v) is 4.30. The molecule has 4 heteroatoms. The van der Waals surface area contributed by atoms with E-state index in [9.17, 15) is 0 Å². The Morgan fingerprint density at radius 1 is 1.21 bits per heavy atom. The first-order valence-corrected chi connectivity index (χ1v) is 7.84. The molecule has 0 aromatic heterocycles. The van der Waals surface area contributed by atoms with Crippen LogP contribution in [0.3, 0.4) is 0 Å². The lowest BCUT2D eigenvalue weighted by Crippen LogP contribution is -2.30. The number of nitrogens with two attached hydrogens (primary N) is 1. The first kappa shape index (κ1) is 13.7. The van der Waals surface area contributed by atoms with E-state index in [1.54, 1.807) is 0 Å². The lowest BCUT2D eigenvalue weighted by atomic mass is 9.83. The summed E-state index contributed by atoms with van der Waals surface area (Å²) in [7, 11) is 0. The number of hydrogen-bond donors (Lipinski definition) is 2. The third kappa shape index (κ3) is 2.78. The minimum atomic E-state index is 0.180. The summed E-state index contributed by atoms with van der Waals surface area (Å²) in [5, 5.41) is 1.20. The van der Waals surface area contributed by atoms with Crippen LogP contribution in [0.2, 0.25) is 10.0 Å². The van der Waals surface area contributed by atoms with Gasteiger partial charge in [0.1, 0.15) is 0 Å². The van der Waals surface area contributed by atoms with Crippen molar-refractivity contribution in [1.29, 1.82) is 0 Å². The van der Waals surface area contributed by atoms with E-state index in [4.69, 9.17) is 29.0 Å². The molecule has 2 saturated carbocycles. The third-order valence-corrected chi connectivity index (χ3v) is 5.71. The molecule has 2 aliphatic carbocycles.